The summed E-state index contributed by atoms with van der Waals surface area (Å²) in [6.45, 7) is 2.05. The standard InChI is InChI=1S/C20H22N4O/c25-20(23-13-16-5-3-4-10-21-16)24-11-8-15(9-12-24)18-14-22-19-7-2-1-6-17(18)19/h1-7,10,14-15,22H,8-9,11-13H2,(H,23,25). The SMILES string of the molecule is O=C(NCc1ccccn1)N1CCC(c2c[nH]c3ccccc23)CC1. The van der Waals surface area contributed by atoms with Gasteiger partial charge in [0.15, 0.2) is 0 Å². The number of urea groups is 1. The van der Waals surface area contributed by atoms with Crippen LogP contribution in [0, 0.1) is 0 Å². The van der Waals surface area contributed by atoms with Crippen LogP contribution in [0.2, 0.25) is 0 Å². The van der Waals surface area contributed by atoms with Gasteiger partial charge in [-0.1, -0.05) is 24.3 Å². The Morgan fingerprint density at radius 2 is 1.96 bits per heavy atom. The molecule has 1 fully saturated rings. The summed E-state index contributed by atoms with van der Waals surface area (Å²) < 4.78 is 0. The van der Waals surface area contributed by atoms with Crippen LogP contribution in [0.4, 0.5) is 4.79 Å². The van der Waals surface area contributed by atoms with Crippen molar-refractivity contribution in [3.8, 4) is 0 Å². The molecule has 4 rings (SSSR count). The number of aromatic nitrogens is 2. The van der Waals surface area contributed by atoms with E-state index in [9.17, 15) is 4.79 Å². The fraction of sp³-hybridized carbons (Fsp3) is 0.300. The molecule has 1 aromatic carbocycles. The van der Waals surface area contributed by atoms with Gasteiger partial charge in [-0.05, 0) is 42.5 Å². The van der Waals surface area contributed by atoms with E-state index in [1.165, 1.54) is 16.5 Å². The van der Waals surface area contributed by atoms with Crippen LogP contribution in [0.3, 0.4) is 0 Å². The van der Waals surface area contributed by atoms with Gasteiger partial charge in [0.05, 0.1) is 12.2 Å². The molecule has 3 aromatic rings. The zero-order valence-corrected chi connectivity index (χ0v) is 14.1. The maximum absolute atomic E-state index is 12.4. The van der Waals surface area contributed by atoms with Crippen molar-refractivity contribution in [2.24, 2.45) is 0 Å². The predicted octanol–water partition coefficient (Wildman–Crippen LogP) is 3.65. The first-order valence-electron chi connectivity index (χ1n) is 8.80. The van der Waals surface area contributed by atoms with E-state index in [2.05, 4.69) is 45.7 Å². The van der Waals surface area contributed by atoms with Gasteiger partial charge in [-0.2, -0.15) is 0 Å². The number of carbonyl (C=O) groups is 1. The Hall–Kier alpha value is -2.82. The highest BCUT2D eigenvalue weighted by Crippen LogP contribution is 2.33. The maximum Gasteiger partial charge on any atom is 0.317 e. The van der Waals surface area contributed by atoms with E-state index < -0.39 is 0 Å². The van der Waals surface area contributed by atoms with E-state index in [1.807, 2.05) is 23.1 Å². The summed E-state index contributed by atoms with van der Waals surface area (Å²) in [7, 11) is 0. The average molecular weight is 334 g/mol. The van der Waals surface area contributed by atoms with Gasteiger partial charge in [-0.25, -0.2) is 4.79 Å². The van der Waals surface area contributed by atoms with Gasteiger partial charge in [0.2, 0.25) is 0 Å². The molecule has 0 saturated carbocycles. The summed E-state index contributed by atoms with van der Waals surface area (Å²) in [5, 5.41) is 4.27. The first kappa shape index (κ1) is 15.7. The highest BCUT2D eigenvalue weighted by molar-refractivity contribution is 5.83. The lowest BCUT2D eigenvalue weighted by Gasteiger charge is -2.32. The number of likely N-dealkylation sites (tertiary alicyclic amines) is 1. The van der Waals surface area contributed by atoms with Crippen molar-refractivity contribution >= 4 is 16.9 Å². The van der Waals surface area contributed by atoms with Gasteiger partial charge in [0.1, 0.15) is 0 Å². The molecule has 2 aromatic heterocycles. The number of rotatable bonds is 3. The monoisotopic (exact) mass is 334 g/mol. The van der Waals surface area contributed by atoms with E-state index >= 15 is 0 Å². The van der Waals surface area contributed by atoms with Crippen LogP contribution in [-0.2, 0) is 6.54 Å². The maximum atomic E-state index is 12.4. The summed E-state index contributed by atoms with van der Waals surface area (Å²) in [5.41, 5.74) is 3.45. The van der Waals surface area contributed by atoms with Crippen molar-refractivity contribution in [3.05, 3.63) is 66.1 Å². The quantitative estimate of drug-likeness (QED) is 0.768. The number of nitrogens with one attached hydrogen (secondary N) is 2. The first-order chi connectivity index (χ1) is 12.3. The highest BCUT2D eigenvalue weighted by Gasteiger charge is 2.25. The second-order valence-electron chi connectivity index (χ2n) is 6.53. The molecule has 1 aliphatic heterocycles. The van der Waals surface area contributed by atoms with Crippen LogP contribution in [-0.4, -0.2) is 34.0 Å². The van der Waals surface area contributed by atoms with Gasteiger partial charge < -0.3 is 15.2 Å². The van der Waals surface area contributed by atoms with E-state index in [0.717, 1.165) is 31.6 Å². The largest absolute Gasteiger partial charge is 0.361 e. The van der Waals surface area contributed by atoms with Crippen LogP contribution >= 0.6 is 0 Å². The number of pyridine rings is 1. The zero-order chi connectivity index (χ0) is 17.1. The molecule has 0 radical (unpaired) electrons. The number of fused-ring (bicyclic) bond motifs is 1. The third-order valence-electron chi connectivity index (χ3n) is 4.99. The average Bonchev–Trinajstić information content (AvgIpc) is 3.11. The molecule has 25 heavy (non-hydrogen) atoms. The number of nitrogens with zero attached hydrogens (tertiary/aromatic N) is 2. The Morgan fingerprint density at radius 1 is 1.16 bits per heavy atom. The lowest BCUT2D eigenvalue weighted by molar-refractivity contribution is 0.181. The zero-order valence-electron chi connectivity index (χ0n) is 14.1. The minimum absolute atomic E-state index is 0.00281. The molecule has 0 unspecified atom stereocenters. The van der Waals surface area contributed by atoms with Crippen LogP contribution in [0.15, 0.2) is 54.9 Å². The Bertz CT molecular complexity index is 850. The van der Waals surface area contributed by atoms with Gasteiger partial charge >= 0.3 is 6.03 Å². The van der Waals surface area contributed by atoms with E-state index in [-0.39, 0.29) is 6.03 Å². The number of hydrogen-bond donors (Lipinski definition) is 2. The molecule has 128 valence electrons. The van der Waals surface area contributed by atoms with E-state index in [4.69, 9.17) is 0 Å². The van der Waals surface area contributed by atoms with Gasteiger partial charge in [-0.3, -0.25) is 4.98 Å². The van der Waals surface area contributed by atoms with Gasteiger partial charge in [0.25, 0.3) is 0 Å². The Morgan fingerprint density at radius 3 is 2.76 bits per heavy atom. The van der Waals surface area contributed by atoms with E-state index in [0.29, 0.717) is 12.5 Å². The molecule has 2 amide bonds. The van der Waals surface area contributed by atoms with Crippen molar-refractivity contribution in [1.82, 2.24) is 20.2 Å². The van der Waals surface area contributed by atoms with Crippen molar-refractivity contribution in [2.45, 2.75) is 25.3 Å². The lowest BCUT2D eigenvalue weighted by atomic mass is 9.89. The number of hydrogen-bond acceptors (Lipinski definition) is 2. The molecule has 1 saturated heterocycles. The van der Waals surface area contributed by atoms with Crippen molar-refractivity contribution in [3.63, 3.8) is 0 Å². The molecular weight excluding hydrogens is 312 g/mol. The fourth-order valence-electron chi connectivity index (χ4n) is 3.61. The number of benzene rings is 1. The third kappa shape index (κ3) is 3.36. The summed E-state index contributed by atoms with van der Waals surface area (Å²) in [4.78, 5) is 21.9. The smallest absolute Gasteiger partial charge is 0.317 e. The predicted molar refractivity (Wildman–Crippen MR) is 98.3 cm³/mol. The summed E-state index contributed by atoms with van der Waals surface area (Å²) >= 11 is 0. The molecule has 3 heterocycles. The number of amides is 2. The molecule has 0 spiro atoms. The van der Waals surface area contributed by atoms with Crippen molar-refractivity contribution < 1.29 is 4.79 Å². The van der Waals surface area contributed by atoms with Crippen LogP contribution in [0.1, 0.15) is 30.0 Å². The molecular formula is C20H22N4O. The summed E-state index contributed by atoms with van der Waals surface area (Å²) in [6.07, 6.45) is 5.87. The topological polar surface area (TPSA) is 61.0 Å². The molecule has 2 N–H and O–H groups in total. The van der Waals surface area contributed by atoms with Gasteiger partial charge in [0, 0.05) is 36.4 Å². The lowest BCUT2D eigenvalue weighted by Crippen LogP contribution is -2.43. The summed E-state index contributed by atoms with van der Waals surface area (Å²) in [5.74, 6) is 0.510. The Kier molecular flexibility index (Phi) is 4.37. The number of piperidine rings is 1. The second kappa shape index (κ2) is 6.97. The van der Waals surface area contributed by atoms with Crippen molar-refractivity contribution in [2.75, 3.05) is 13.1 Å². The molecule has 1 aliphatic rings. The highest BCUT2D eigenvalue weighted by atomic mass is 16.2. The summed E-state index contributed by atoms with van der Waals surface area (Å²) in [6, 6.07) is 14.2. The van der Waals surface area contributed by atoms with Crippen LogP contribution in [0.5, 0.6) is 0 Å². The minimum atomic E-state index is 0.00281. The Labute approximate surface area is 147 Å². The molecule has 5 nitrogen and oxygen atoms in total. The van der Waals surface area contributed by atoms with Crippen LogP contribution < -0.4 is 5.32 Å². The molecule has 0 bridgehead atoms. The number of carbonyl (C=O) groups excluding carboxylic acids is 1. The first-order valence-corrected chi connectivity index (χ1v) is 8.80. The Balaban J connectivity index is 1.34. The third-order valence-corrected chi connectivity index (χ3v) is 4.99. The van der Waals surface area contributed by atoms with Gasteiger partial charge in [-0.15, -0.1) is 0 Å². The van der Waals surface area contributed by atoms with Crippen molar-refractivity contribution in [1.29, 1.82) is 0 Å². The normalized spacial score (nSPS) is 15.4. The second-order valence-corrected chi connectivity index (χ2v) is 6.53. The van der Waals surface area contributed by atoms with E-state index in [1.54, 1.807) is 6.20 Å². The molecule has 5 heteroatoms. The molecule has 0 atom stereocenters. The fourth-order valence-corrected chi connectivity index (χ4v) is 3.61. The van der Waals surface area contributed by atoms with Crippen LogP contribution in [0.25, 0.3) is 10.9 Å². The number of para-hydroxylation sites is 1. The number of H-pyrrole nitrogens is 1. The molecule has 0 aliphatic carbocycles. The minimum Gasteiger partial charge on any atom is -0.361 e. The number of aromatic amines is 1.